The number of nitrogens with zero attached hydrogens (tertiary/aromatic N) is 3. The van der Waals surface area contributed by atoms with Crippen molar-refractivity contribution in [3.63, 3.8) is 0 Å². The summed E-state index contributed by atoms with van der Waals surface area (Å²) in [4.78, 5) is 2.47. The maximum atomic E-state index is 3.83. The van der Waals surface area contributed by atoms with Crippen LogP contribution >= 0.6 is 0 Å². The molecule has 3 heteroatoms. The Balaban J connectivity index is 1.78. The van der Waals surface area contributed by atoms with Gasteiger partial charge in [-0.15, -0.1) is 0 Å². The molecule has 0 saturated carbocycles. The van der Waals surface area contributed by atoms with Crippen LogP contribution in [0.1, 0.15) is 22.3 Å². The van der Waals surface area contributed by atoms with E-state index in [4.69, 9.17) is 0 Å². The van der Waals surface area contributed by atoms with Crippen molar-refractivity contribution in [2.24, 2.45) is 0 Å². The molecule has 0 aliphatic carbocycles. The standard InChI is InChI=1S/C27H41N3/c1-8-24-10-14-26(15-11-24)22-29(4,5)20-18-28(3)19-21-30(6,7)23-27-16-12-25(9-2)13-17-27/h8-17H,1-2,18-23H2,3-7H3/q+2. The van der Waals surface area contributed by atoms with E-state index in [-0.39, 0.29) is 0 Å². The molecule has 30 heavy (non-hydrogen) atoms. The molecule has 0 unspecified atom stereocenters. The van der Waals surface area contributed by atoms with Gasteiger partial charge in [0, 0.05) is 24.2 Å². The van der Waals surface area contributed by atoms with Crippen LogP contribution in [0.15, 0.2) is 61.7 Å². The summed E-state index contributed by atoms with van der Waals surface area (Å²) < 4.78 is 1.98. The van der Waals surface area contributed by atoms with Crippen molar-refractivity contribution in [3.8, 4) is 0 Å². The van der Waals surface area contributed by atoms with Crippen LogP contribution in [0.3, 0.4) is 0 Å². The highest BCUT2D eigenvalue weighted by Crippen LogP contribution is 2.13. The molecule has 0 bridgehead atoms. The minimum Gasteiger partial charge on any atom is -0.324 e. The van der Waals surface area contributed by atoms with Crippen molar-refractivity contribution in [2.75, 3.05) is 61.4 Å². The molecule has 2 rings (SSSR count). The van der Waals surface area contributed by atoms with Gasteiger partial charge in [0.25, 0.3) is 0 Å². The minimum absolute atomic E-state index is 0.992. The summed E-state index contributed by atoms with van der Waals surface area (Å²) in [5.41, 5.74) is 5.13. The van der Waals surface area contributed by atoms with Gasteiger partial charge in [-0.1, -0.05) is 73.8 Å². The molecule has 2 aromatic carbocycles. The van der Waals surface area contributed by atoms with Gasteiger partial charge in [0.1, 0.15) is 13.1 Å². The first kappa shape index (κ1) is 24.1. The normalized spacial score (nSPS) is 12.2. The summed E-state index contributed by atoms with van der Waals surface area (Å²) in [6, 6.07) is 17.5. The van der Waals surface area contributed by atoms with E-state index in [1.165, 1.54) is 22.3 Å². The van der Waals surface area contributed by atoms with Gasteiger partial charge in [-0.2, -0.15) is 0 Å². The molecule has 0 aliphatic rings. The van der Waals surface area contributed by atoms with Crippen LogP contribution in [-0.2, 0) is 13.1 Å². The Morgan fingerprint density at radius 2 is 1.00 bits per heavy atom. The minimum atomic E-state index is 0.992. The molecule has 0 heterocycles. The maximum Gasteiger partial charge on any atom is 0.104 e. The quantitative estimate of drug-likeness (QED) is 0.459. The number of benzene rings is 2. The summed E-state index contributed by atoms with van der Waals surface area (Å²) in [6.07, 6.45) is 3.80. The Hall–Kier alpha value is -2.20. The van der Waals surface area contributed by atoms with E-state index in [1.54, 1.807) is 0 Å². The van der Waals surface area contributed by atoms with Gasteiger partial charge in [-0.05, 0) is 18.2 Å². The van der Waals surface area contributed by atoms with E-state index in [2.05, 4.69) is 102 Å². The number of hydrogen-bond acceptors (Lipinski definition) is 1. The SMILES string of the molecule is C=Cc1ccc(C[N+](C)(C)CCN(C)CC[N+](C)(C)Cc2ccc(C=C)cc2)cc1. The van der Waals surface area contributed by atoms with E-state index in [0.717, 1.165) is 48.2 Å². The topological polar surface area (TPSA) is 3.24 Å². The highest BCUT2D eigenvalue weighted by Gasteiger charge is 2.20. The van der Waals surface area contributed by atoms with Crippen LogP contribution in [0.5, 0.6) is 0 Å². The average molecular weight is 408 g/mol. The second-order valence-corrected chi connectivity index (χ2v) is 9.83. The van der Waals surface area contributed by atoms with Crippen LogP contribution in [0, 0.1) is 0 Å². The van der Waals surface area contributed by atoms with Gasteiger partial charge in [0.15, 0.2) is 0 Å². The van der Waals surface area contributed by atoms with Crippen LogP contribution < -0.4 is 0 Å². The van der Waals surface area contributed by atoms with Crippen molar-refractivity contribution in [2.45, 2.75) is 13.1 Å². The molecule has 0 radical (unpaired) electrons. The second-order valence-electron chi connectivity index (χ2n) is 9.83. The fraction of sp³-hybridized carbons (Fsp3) is 0.407. The zero-order valence-corrected chi connectivity index (χ0v) is 19.8. The highest BCUT2D eigenvalue weighted by atomic mass is 15.3. The Morgan fingerprint density at radius 3 is 1.30 bits per heavy atom. The fourth-order valence-electron chi connectivity index (χ4n) is 3.66. The van der Waals surface area contributed by atoms with Gasteiger partial charge in [0.2, 0.25) is 0 Å². The molecule has 3 nitrogen and oxygen atoms in total. The molecular formula is C27H41N3+2. The van der Waals surface area contributed by atoms with Crippen LogP contribution in [0.2, 0.25) is 0 Å². The van der Waals surface area contributed by atoms with Gasteiger partial charge in [0.05, 0.1) is 41.3 Å². The third-order valence-electron chi connectivity index (χ3n) is 5.83. The maximum absolute atomic E-state index is 3.83. The third kappa shape index (κ3) is 8.27. The predicted molar refractivity (Wildman–Crippen MR) is 132 cm³/mol. The first-order valence-electron chi connectivity index (χ1n) is 10.9. The first-order valence-corrected chi connectivity index (χ1v) is 10.9. The summed E-state index contributed by atoms with van der Waals surface area (Å²) in [5, 5.41) is 0. The van der Waals surface area contributed by atoms with Crippen molar-refractivity contribution in [1.82, 2.24) is 4.90 Å². The van der Waals surface area contributed by atoms with Crippen molar-refractivity contribution < 1.29 is 8.97 Å². The Labute approximate surface area is 184 Å². The van der Waals surface area contributed by atoms with E-state index in [0.29, 0.717) is 0 Å². The monoisotopic (exact) mass is 407 g/mol. The zero-order chi connectivity index (χ0) is 22.2. The number of likely N-dealkylation sites (N-methyl/N-ethyl adjacent to an activating group) is 3. The van der Waals surface area contributed by atoms with Gasteiger partial charge < -0.3 is 8.97 Å². The Kier molecular flexibility index (Phi) is 8.60. The highest BCUT2D eigenvalue weighted by molar-refractivity contribution is 5.47. The summed E-state index contributed by atoms with van der Waals surface area (Å²) in [5.74, 6) is 0. The third-order valence-corrected chi connectivity index (χ3v) is 5.83. The molecule has 2 aromatic rings. The first-order chi connectivity index (χ1) is 14.1. The Morgan fingerprint density at radius 1 is 0.667 bits per heavy atom. The van der Waals surface area contributed by atoms with Gasteiger partial charge in [-0.25, -0.2) is 0 Å². The molecule has 0 atom stereocenters. The smallest absolute Gasteiger partial charge is 0.104 e. The molecule has 0 N–H and O–H groups in total. The Bertz CT molecular complexity index is 732. The van der Waals surface area contributed by atoms with Gasteiger partial charge >= 0.3 is 0 Å². The fourth-order valence-corrected chi connectivity index (χ4v) is 3.66. The van der Waals surface area contributed by atoms with Crippen LogP contribution in [0.25, 0.3) is 12.2 Å². The summed E-state index contributed by atoms with van der Waals surface area (Å²) in [6.45, 7) is 14.2. The van der Waals surface area contributed by atoms with Crippen LogP contribution in [0.4, 0.5) is 0 Å². The van der Waals surface area contributed by atoms with E-state index in [9.17, 15) is 0 Å². The molecule has 0 saturated heterocycles. The van der Waals surface area contributed by atoms with E-state index >= 15 is 0 Å². The lowest BCUT2D eigenvalue weighted by Gasteiger charge is -2.34. The largest absolute Gasteiger partial charge is 0.324 e. The lowest BCUT2D eigenvalue weighted by Crippen LogP contribution is -2.47. The second kappa shape index (κ2) is 10.7. The van der Waals surface area contributed by atoms with Crippen LogP contribution in [-0.4, -0.2) is 75.3 Å². The number of hydrogen-bond donors (Lipinski definition) is 0. The molecule has 0 fully saturated rings. The lowest BCUT2D eigenvalue weighted by molar-refractivity contribution is -0.905. The van der Waals surface area contributed by atoms with E-state index < -0.39 is 0 Å². The zero-order valence-electron chi connectivity index (χ0n) is 19.8. The number of quaternary nitrogens is 2. The van der Waals surface area contributed by atoms with Crippen molar-refractivity contribution >= 4 is 12.2 Å². The lowest BCUT2D eigenvalue weighted by atomic mass is 10.1. The average Bonchev–Trinajstić information content (AvgIpc) is 2.71. The van der Waals surface area contributed by atoms with Gasteiger partial charge in [-0.3, -0.25) is 4.90 Å². The molecule has 0 spiro atoms. The van der Waals surface area contributed by atoms with Crippen molar-refractivity contribution in [1.29, 1.82) is 0 Å². The predicted octanol–water partition coefficient (Wildman–Crippen LogP) is 4.76. The van der Waals surface area contributed by atoms with E-state index in [1.807, 2.05) is 12.2 Å². The molecule has 0 aromatic heterocycles. The molecule has 0 amide bonds. The summed E-state index contributed by atoms with van der Waals surface area (Å²) in [7, 11) is 11.5. The van der Waals surface area contributed by atoms with Crippen molar-refractivity contribution in [3.05, 3.63) is 83.9 Å². The molecule has 162 valence electrons. The molecule has 0 aliphatic heterocycles. The number of rotatable bonds is 12. The molecular weight excluding hydrogens is 366 g/mol. The summed E-state index contributed by atoms with van der Waals surface area (Å²) >= 11 is 0.